The molecule has 2 aliphatic carbocycles. The lowest BCUT2D eigenvalue weighted by Crippen LogP contribution is -2.59. The van der Waals surface area contributed by atoms with Crippen LogP contribution in [0.5, 0.6) is 11.5 Å². The Morgan fingerprint density at radius 1 is 0.968 bits per heavy atom. The highest BCUT2D eigenvalue weighted by Crippen LogP contribution is 2.51. The molecule has 3 aromatic rings. The van der Waals surface area contributed by atoms with Gasteiger partial charge in [0.15, 0.2) is 0 Å². The van der Waals surface area contributed by atoms with Crippen LogP contribution in [0, 0.1) is 29.6 Å². The van der Waals surface area contributed by atoms with E-state index >= 15 is 0 Å². The van der Waals surface area contributed by atoms with Crippen LogP contribution in [-0.4, -0.2) is 86.9 Å². The van der Waals surface area contributed by atoms with Gasteiger partial charge in [0.2, 0.25) is 0 Å². The van der Waals surface area contributed by atoms with Gasteiger partial charge in [0, 0.05) is 80.7 Å². The van der Waals surface area contributed by atoms with Crippen LogP contribution in [0.1, 0.15) is 104 Å². The molecule has 0 amide bonds. The van der Waals surface area contributed by atoms with E-state index < -0.39 is 47.2 Å². The van der Waals surface area contributed by atoms with Gasteiger partial charge in [-0.2, -0.15) is 0 Å². The first-order valence-corrected chi connectivity index (χ1v) is 21.9. The number of esters is 2. The number of phenols is 1. The number of phenolic OH excluding ortho intramolecular Hbond substituents is 1. The van der Waals surface area contributed by atoms with Crippen LogP contribution in [0.2, 0.25) is 0 Å². The van der Waals surface area contributed by atoms with Crippen molar-refractivity contribution in [3.05, 3.63) is 99.6 Å². The maximum Gasteiger partial charge on any atom is 0.334 e. The summed E-state index contributed by atoms with van der Waals surface area (Å²) in [4.78, 5) is 41.7. The Hall–Kier alpha value is -5.03. The van der Waals surface area contributed by atoms with Gasteiger partial charge in [-0.25, -0.2) is 4.79 Å². The van der Waals surface area contributed by atoms with Crippen molar-refractivity contribution in [2.45, 2.75) is 119 Å². The van der Waals surface area contributed by atoms with Gasteiger partial charge in [0.25, 0.3) is 0 Å². The van der Waals surface area contributed by atoms with Gasteiger partial charge < -0.3 is 45.1 Å². The second-order valence-corrected chi connectivity index (χ2v) is 18.4. The highest BCUT2D eigenvalue weighted by Gasteiger charge is 2.55. The standard InChI is InChI=1S/C50H57NO11/c1-49(58,13-14-60-2)28-51-37-17-31(27-52)16-34(21-37)32-8-9-33-25-47(56)61-45-26-44(55)35(23-40(33)45)24-46-50(59)12-4-7-39-41(43(54)11-10-42(39)50)19-30-6-3-5-29(15-30)18-38(53)22-36(20-32)48(57)62-46/h3,5-6,15-17,21-23,26,32-33,38-39,41-42,46,51-53,55,58-59H,4,7,10-14,18-20,24-25,27-28H2,1-2H3. The molecule has 12 nitrogen and oxygen atoms in total. The molecule has 3 aliphatic heterocycles. The predicted molar refractivity (Wildman–Crippen MR) is 229 cm³/mol. The SMILES string of the molecule is COCCC(C)(O)CNc1cc(CO)cc(C2C#CC3CC(=O)Oc4cc(O)c(cc43)CC3OC(=O)C(=CC(O)Cc4cccc(c4)CC4C(=O)CCC5C4CCCC35O)C2)c1. The van der Waals surface area contributed by atoms with Crippen molar-refractivity contribution in [1.29, 1.82) is 0 Å². The number of Topliss-reactive ketones (excluding diaryl/α,β-unsaturated/α-hetero) is 1. The molecule has 2 saturated carbocycles. The fourth-order valence-corrected chi connectivity index (χ4v) is 10.5. The Balaban J connectivity index is 1.29. The number of ether oxygens (including phenoxy) is 3. The average molecular weight is 848 g/mol. The van der Waals surface area contributed by atoms with Crippen molar-refractivity contribution in [3.8, 4) is 23.3 Å². The summed E-state index contributed by atoms with van der Waals surface area (Å²) in [6.07, 6.45) is 2.37. The maximum atomic E-state index is 15.0. The highest BCUT2D eigenvalue weighted by atomic mass is 16.6. The van der Waals surface area contributed by atoms with Crippen LogP contribution in [0.3, 0.4) is 0 Å². The van der Waals surface area contributed by atoms with Gasteiger partial charge in [-0.3, -0.25) is 9.59 Å². The first kappa shape index (κ1) is 43.6. The molecule has 0 aromatic heterocycles. The number of fused-ring (bicyclic) bond motifs is 7. The number of hydrogen-bond acceptors (Lipinski definition) is 12. The van der Waals surface area contributed by atoms with Crippen molar-refractivity contribution in [2.75, 3.05) is 25.6 Å². The molecule has 3 aromatic carbocycles. The number of aliphatic hydroxyl groups is 4. The predicted octanol–water partition coefficient (Wildman–Crippen LogP) is 5.33. The Bertz CT molecular complexity index is 2310. The Kier molecular flexibility index (Phi) is 12.7. The van der Waals surface area contributed by atoms with E-state index in [4.69, 9.17) is 14.2 Å². The second kappa shape index (κ2) is 18.0. The fourth-order valence-electron chi connectivity index (χ4n) is 10.5. The summed E-state index contributed by atoms with van der Waals surface area (Å²) in [6.45, 7) is 1.92. The molecule has 9 atom stereocenters. The zero-order valence-electron chi connectivity index (χ0n) is 35.4. The minimum absolute atomic E-state index is 0.0521. The number of carbonyl (C=O) groups is 3. The summed E-state index contributed by atoms with van der Waals surface area (Å²) in [7, 11) is 1.57. The third-order valence-corrected chi connectivity index (χ3v) is 13.8. The van der Waals surface area contributed by atoms with E-state index in [0.717, 1.165) is 17.5 Å². The van der Waals surface area contributed by atoms with Gasteiger partial charge in [-0.1, -0.05) is 48.6 Å². The molecule has 3 heterocycles. The molecule has 0 radical (unpaired) electrons. The third kappa shape index (κ3) is 9.33. The Morgan fingerprint density at radius 3 is 2.55 bits per heavy atom. The smallest absolute Gasteiger partial charge is 0.334 e. The molecule has 328 valence electrons. The highest BCUT2D eigenvalue weighted by molar-refractivity contribution is 5.89. The monoisotopic (exact) mass is 847 g/mol. The minimum atomic E-state index is -1.58. The summed E-state index contributed by atoms with van der Waals surface area (Å²) < 4.78 is 17.3. The summed E-state index contributed by atoms with van der Waals surface area (Å²) in [5, 5.41) is 61.1. The first-order valence-electron chi connectivity index (χ1n) is 21.9. The summed E-state index contributed by atoms with van der Waals surface area (Å²) in [5.41, 5.74) is 1.94. The van der Waals surface area contributed by atoms with E-state index in [-0.39, 0.29) is 85.9 Å². The molecular weight excluding hydrogens is 791 g/mol. The van der Waals surface area contributed by atoms with Crippen molar-refractivity contribution < 1.29 is 54.1 Å². The Morgan fingerprint density at radius 2 is 1.76 bits per heavy atom. The lowest BCUT2D eigenvalue weighted by atomic mass is 9.56. The number of anilines is 1. The molecule has 9 unspecified atom stereocenters. The lowest BCUT2D eigenvalue weighted by molar-refractivity contribution is -0.191. The molecule has 10 bridgehead atoms. The van der Waals surface area contributed by atoms with E-state index in [9.17, 15) is 39.9 Å². The van der Waals surface area contributed by atoms with Gasteiger partial charge in [-0.05, 0) is 103 Å². The molecule has 8 rings (SSSR count). The molecular formula is C50H57NO11. The number of hydrogen-bond donors (Lipinski definition) is 6. The quantitative estimate of drug-likeness (QED) is 0.0972. The number of benzene rings is 3. The van der Waals surface area contributed by atoms with Crippen LogP contribution >= 0.6 is 0 Å². The molecule has 12 heteroatoms. The van der Waals surface area contributed by atoms with Gasteiger partial charge >= 0.3 is 11.9 Å². The number of methoxy groups -OCH3 is 1. The molecule has 62 heavy (non-hydrogen) atoms. The van der Waals surface area contributed by atoms with E-state index in [1.165, 1.54) is 12.1 Å². The third-order valence-electron chi connectivity index (χ3n) is 13.8. The molecule has 0 saturated heterocycles. The zero-order chi connectivity index (χ0) is 43.8. The van der Waals surface area contributed by atoms with Crippen LogP contribution in [0.15, 0.2) is 66.2 Å². The van der Waals surface area contributed by atoms with E-state index in [2.05, 4.69) is 17.2 Å². The number of carbonyl (C=O) groups excluding carboxylic acids is 3. The molecule has 0 spiro atoms. The normalized spacial score (nSPS) is 29.4. The van der Waals surface area contributed by atoms with Crippen molar-refractivity contribution in [3.63, 3.8) is 0 Å². The Labute approximate surface area is 362 Å². The summed E-state index contributed by atoms with van der Waals surface area (Å²) in [6, 6.07) is 16.3. The van der Waals surface area contributed by atoms with Gasteiger partial charge in [0.05, 0.1) is 30.7 Å². The summed E-state index contributed by atoms with van der Waals surface area (Å²) in [5.74, 6) is 3.22. The van der Waals surface area contributed by atoms with Crippen LogP contribution in [-0.2, 0) is 49.7 Å². The average Bonchev–Trinajstić information content (AvgIpc) is 3.24. The molecule has 6 N–H and O–H groups in total. The van der Waals surface area contributed by atoms with E-state index in [1.54, 1.807) is 32.2 Å². The number of aromatic hydroxyl groups is 1. The van der Waals surface area contributed by atoms with E-state index in [0.29, 0.717) is 66.7 Å². The number of rotatable bonds is 8. The van der Waals surface area contributed by atoms with E-state index in [1.807, 2.05) is 30.3 Å². The summed E-state index contributed by atoms with van der Waals surface area (Å²) >= 11 is 0. The minimum Gasteiger partial charge on any atom is -0.508 e. The largest absolute Gasteiger partial charge is 0.508 e. The van der Waals surface area contributed by atoms with Crippen molar-refractivity contribution >= 4 is 23.4 Å². The van der Waals surface area contributed by atoms with Crippen molar-refractivity contribution in [1.82, 2.24) is 0 Å². The molecule has 2 fully saturated rings. The van der Waals surface area contributed by atoms with Gasteiger partial charge in [-0.15, -0.1) is 0 Å². The van der Waals surface area contributed by atoms with Gasteiger partial charge in [0.1, 0.15) is 29.0 Å². The van der Waals surface area contributed by atoms with Crippen LogP contribution in [0.4, 0.5) is 5.69 Å². The van der Waals surface area contributed by atoms with Crippen LogP contribution in [0.25, 0.3) is 0 Å². The lowest BCUT2D eigenvalue weighted by Gasteiger charge is -2.52. The first-order chi connectivity index (χ1) is 29.7. The zero-order valence-corrected chi connectivity index (χ0v) is 35.4. The van der Waals surface area contributed by atoms with Crippen molar-refractivity contribution in [2.24, 2.45) is 17.8 Å². The molecule has 5 aliphatic rings. The fraction of sp³-hybridized carbons (Fsp3) is 0.500. The number of ketones is 1. The maximum absolute atomic E-state index is 15.0. The topological polar surface area (TPSA) is 192 Å². The second-order valence-electron chi connectivity index (χ2n) is 18.4. The number of aliphatic hydroxyl groups excluding tert-OH is 2. The number of nitrogens with one attached hydrogen (secondary N) is 1. The van der Waals surface area contributed by atoms with Crippen LogP contribution < -0.4 is 10.1 Å².